The molecule has 1 unspecified atom stereocenters. The summed E-state index contributed by atoms with van der Waals surface area (Å²) in [7, 11) is 0. The Morgan fingerprint density at radius 2 is 2.00 bits per heavy atom. The zero-order valence-electron chi connectivity index (χ0n) is 7.15. The molecule has 0 rings (SSSR count). The van der Waals surface area contributed by atoms with Crippen molar-refractivity contribution < 1.29 is 0 Å². The fourth-order valence-corrected chi connectivity index (χ4v) is 1.16. The second kappa shape index (κ2) is 4.31. The van der Waals surface area contributed by atoms with Gasteiger partial charge in [-0.2, -0.15) is 0 Å². The fourth-order valence-electron chi connectivity index (χ4n) is 1.16. The Morgan fingerprint density at radius 1 is 1.50 bits per heavy atom. The van der Waals surface area contributed by atoms with Crippen LogP contribution in [0.2, 0.25) is 0 Å². The molecule has 10 heavy (non-hydrogen) atoms. The zero-order valence-corrected chi connectivity index (χ0v) is 7.15. The van der Waals surface area contributed by atoms with Crippen molar-refractivity contribution in [2.75, 3.05) is 0 Å². The minimum atomic E-state index is 0.296. The lowest BCUT2D eigenvalue weighted by Gasteiger charge is -2.17. The topological polar surface area (TPSA) is 49.9 Å². The van der Waals surface area contributed by atoms with Crippen molar-refractivity contribution in [1.29, 1.82) is 5.41 Å². The van der Waals surface area contributed by atoms with Gasteiger partial charge in [0.05, 0.1) is 5.84 Å². The van der Waals surface area contributed by atoms with Gasteiger partial charge in [-0.25, -0.2) is 0 Å². The van der Waals surface area contributed by atoms with E-state index in [0.717, 1.165) is 12.8 Å². The van der Waals surface area contributed by atoms with Gasteiger partial charge >= 0.3 is 0 Å². The molecule has 0 aliphatic carbocycles. The summed E-state index contributed by atoms with van der Waals surface area (Å²) in [6, 6.07) is 0. The third-order valence-electron chi connectivity index (χ3n) is 1.80. The van der Waals surface area contributed by atoms with Crippen molar-refractivity contribution in [1.82, 2.24) is 0 Å². The molecule has 3 N–H and O–H groups in total. The Labute approximate surface area is 63.3 Å². The largest absolute Gasteiger partial charge is 0.387 e. The van der Waals surface area contributed by atoms with Crippen LogP contribution in [0.3, 0.4) is 0 Å². The Bertz CT molecular complexity index is 108. The fraction of sp³-hybridized carbons (Fsp3) is 0.875. The maximum atomic E-state index is 7.26. The molecule has 2 nitrogen and oxygen atoms in total. The monoisotopic (exact) mass is 142 g/mol. The summed E-state index contributed by atoms with van der Waals surface area (Å²) < 4.78 is 0. The molecule has 0 bridgehead atoms. The SMILES string of the molecule is CCCC(C(=N)N)C(C)C. The van der Waals surface area contributed by atoms with Gasteiger partial charge in [0.25, 0.3) is 0 Å². The lowest BCUT2D eigenvalue weighted by Crippen LogP contribution is -2.26. The summed E-state index contributed by atoms with van der Waals surface area (Å²) in [6.45, 7) is 6.35. The van der Waals surface area contributed by atoms with E-state index in [2.05, 4.69) is 20.8 Å². The van der Waals surface area contributed by atoms with E-state index in [4.69, 9.17) is 11.1 Å². The van der Waals surface area contributed by atoms with E-state index < -0.39 is 0 Å². The van der Waals surface area contributed by atoms with E-state index in [9.17, 15) is 0 Å². The summed E-state index contributed by atoms with van der Waals surface area (Å²) in [4.78, 5) is 0. The highest BCUT2D eigenvalue weighted by Gasteiger charge is 2.14. The number of nitrogens with one attached hydrogen (secondary N) is 1. The van der Waals surface area contributed by atoms with E-state index in [1.165, 1.54) is 0 Å². The van der Waals surface area contributed by atoms with Crippen LogP contribution in [0.4, 0.5) is 0 Å². The van der Waals surface area contributed by atoms with Gasteiger partial charge in [0, 0.05) is 5.92 Å². The van der Waals surface area contributed by atoms with Crippen molar-refractivity contribution in [2.24, 2.45) is 17.6 Å². The normalized spacial score (nSPS) is 13.6. The molecule has 0 aliphatic rings. The first kappa shape index (κ1) is 9.47. The first-order valence-electron chi connectivity index (χ1n) is 3.93. The highest BCUT2D eigenvalue weighted by Crippen LogP contribution is 2.15. The number of nitrogens with two attached hydrogens (primary N) is 1. The van der Waals surface area contributed by atoms with Crippen molar-refractivity contribution in [2.45, 2.75) is 33.6 Å². The number of amidine groups is 1. The second-order valence-corrected chi connectivity index (χ2v) is 3.09. The average Bonchev–Trinajstić information content (AvgIpc) is 1.81. The van der Waals surface area contributed by atoms with Crippen molar-refractivity contribution in [3.8, 4) is 0 Å². The molecule has 0 saturated heterocycles. The van der Waals surface area contributed by atoms with Crippen LogP contribution < -0.4 is 5.73 Å². The molecule has 60 valence electrons. The van der Waals surface area contributed by atoms with Gasteiger partial charge in [-0.3, -0.25) is 5.41 Å². The molecule has 0 spiro atoms. The summed E-state index contributed by atoms with van der Waals surface area (Å²) in [5.74, 6) is 1.15. The maximum absolute atomic E-state index is 7.26. The van der Waals surface area contributed by atoms with E-state index in [1.807, 2.05) is 0 Å². The van der Waals surface area contributed by atoms with Crippen LogP contribution in [0, 0.1) is 17.2 Å². The summed E-state index contributed by atoms with van der Waals surface area (Å²) in [5, 5.41) is 7.26. The molecule has 0 heterocycles. The van der Waals surface area contributed by atoms with Gasteiger partial charge in [-0.15, -0.1) is 0 Å². The van der Waals surface area contributed by atoms with Crippen LogP contribution in [0.1, 0.15) is 33.6 Å². The standard InChI is InChI=1S/C8H18N2/c1-4-5-7(6(2)3)8(9)10/h6-7H,4-5H2,1-3H3,(H3,9,10). The number of rotatable bonds is 4. The first-order valence-corrected chi connectivity index (χ1v) is 3.93. The third kappa shape index (κ3) is 2.85. The molecule has 0 aromatic heterocycles. The van der Waals surface area contributed by atoms with Crippen LogP contribution in [-0.2, 0) is 0 Å². The Morgan fingerprint density at radius 3 is 2.10 bits per heavy atom. The van der Waals surface area contributed by atoms with Crippen LogP contribution in [0.25, 0.3) is 0 Å². The average molecular weight is 142 g/mol. The second-order valence-electron chi connectivity index (χ2n) is 3.09. The predicted octanol–water partition coefficient (Wildman–Crippen LogP) is 1.99. The molecule has 0 aromatic rings. The molecule has 0 saturated carbocycles. The molecule has 0 aromatic carbocycles. The van der Waals surface area contributed by atoms with Gasteiger partial charge in [-0.05, 0) is 12.3 Å². The van der Waals surface area contributed by atoms with E-state index in [1.54, 1.807) is 0 Å². The minimum absolute atomic E-state index is 0.296. The minimum Gasteiger partial charge on any atom is -0.387 e. The number of hydrogen-bond acceptors (Lipinski definition) is 1. The van der Waals surface area contributed by atoms with Crippen LogP contribution >= 0.6 is 0 Å². The first-order chi connectivity index (χ1) is 4.59. The molecule has 0 fully saturated rings. The van der Waals surface area contributed by atoms with Gasteiger partial charge in [0.1, 0.15) is 0 Å². The molecule has 2 heteroatoms. The molecule has 0 radical (unpaired) electrons. The summed E-state index contributed by atoms with van der Waals surface area (Å²) >= 11 is 0. The summed E-state index contributed by atoms with van der Waals surface area (Å²) in [6.07, 6.45) is 2.16. The van der Waals surface area contributed by atoms with Crippen molar-refractivity contribution in [3.63, 3.8) is 0 Å². The lowest BCUT2D eigenvalue weighted by atomic mass is 9.91. The lowest BCUT2D eigenvalue weighted by molar-refractivity contribution is 0.454. The Balaban J connectivity index is 3.85. The van der Waals surface area contributed by atoms with Crippen LogP contribution in [0.5, 0.6) is 0 Å². The molecule has 0 aliphatic heterocycles. The highest BCUT2D eigenvalue weighted by molar-refractivity contribution is 5.79. The number of hydrogen-bond donors (Lipinski definition) is 2. The van der Waals surface area contributed by atoms with Crippen LogP contribution in [-0.4, -0.2) is 5.84 Å². The van der Waals surface area contributed by atoms with Crippen molar-refractivity contribution >= 4 is 5.84 Å². The van der Waals surface area contributed by atoms with Gasteiger partial charge in [0.15, 0.2) is 0 Å². The van der Waals surface area contributed by atoms with E-state index in [0.29, 0.717) is 17.7 Å². The zero-order chi connectivity index (χ0) is 8.15. The maximum Gasteiger partial charge on any atom is 0.0939 e. The molecule has 1 atom stereocenters. The van der Waals surface area contributed by atoms with E-state index >= 15 is 0 Å². The van der Waals surface area contributed by atoms with Gasteiger partial charge < -0.3 is 5.73 Å². The molecule has 0 amide bonds. The molecular weight excluding hydrogens is 124 g/mol. The predicted molar refractivity (Wildman–Crippen MR) is 45.2 cm³/mol. The highest BCUT2D eigenvalue weighted by atomic mass is 14.7. The van der Waals surface area contributed by atoms with Gasteiger partial charge in [0.2, 0.25) is 0 Å². The van der Waals surface area contributed by atoms with Crippen molar-refractivity contribution in [3.05, 3.63) is 0 Å². The quantitative estimate of drug-likeness (QED) is 0.457. The smallest absolute Gasteiger partial charge is 0.0939 e. The van der Waals surface area contributed by atoms with Gasteiger partial charge in [-0.1, -0.05) is 27.2 Å². The Kier molecular flexibility index (Phi) is 4.08. The summed E-state index contributed by atoms with van der Waals surface area (Å²) in [5.41, 5.74) is 5.41. The van der Waals surface area contributed by atoms with E-state index in [-0.39, 0.29) is 0 Å². The molecular formula is C8H18N2. The van der Waals surface area contributed by atoms with Crippen LogP contribution in [0.15, 0.2) is 0 Å². The third-order valence-corrected chi connectivity index (χ3v) is 1.80. The Hall–Kier alpha value is -0.530.